The van der Waals surface area contributed by atoms with E-state index in [9.17, 15) is 9.59 Å². The lowest BCUT2D eigenvalue weighted by molar-refractivity contribution is -0.135. The van der Waals surface area contributed by atoms with Crippen LogP contribution in [0.2, 0.25) is 0 Å². The van der Waals surface area contributed by atoms with Crippen LogP contribution in [0.25, 0.3) is 0 Å². The van der Waals surface area contributed by atoms with Crippen molar-refractivity contribution in [3.63, 3.8) is 0 Å². The first-order chi connectivity index (χ1) is 10.1. The Morgan fingerprint density at radius 3 is 2.33 bits per heavy atom. The number of piperidine rings is 1. The van der Waals surface area contributed by atoms with Gasteiger partial charge in [0.1, 0.15) is 0 Å². The first kappa shape index (κ1) is 14.1. The summed E-state index contributed by atoms with van der Waals surface area (Å²) in [5.74, 6) is 0.686. The van der Waals surface area contributed by atoms with Crippen molar-refractivity contribution in [2.45, 2.75) is 32.6 Å². The van der Waals surface area contributed by atoms with E-state index < -0.39 is 0 Å². The van der Waals surface area contributed by atoms with Crippen LogP contribution < -0.4 is 5.32 Å². The first-order valence-electron chi connectivity index (χ1n) is 7.80. The highest BCUT2D eigenvalue weighted by Crippen LogP contribution is 2.32. The van der Waals surface area contributed by atoms with Crippen molar-refractivity contribution in [2.24, 2.45) is 11.8 Å². The zero-order valence-electron chi connectivity index (χ0n) is 12.5. The minimum absolute atomic E-state index is 0.0212. The molecular weight excluding hydrogens is 264 g/mol. The highest BCUT2D eigenvalue weighted by molar-refractivity contribution is 5.93. The fraction of sp³-hybridized carbons (Fsp3) is 0.529. The van der Waals surface area contributed by atoms with Crippen molar-refractivity contribution in [3.8, 4) is 0 Å². The Labute approximate surface area is 125 Å². The van der Waals surface area contributed by atoms with Crippen LogP contribution in [0.3, 0.4) is 0 Å². The van der Waals surface area contributed by atoms with E-state index >= 15 is 0 Å². The molecule has 1 saturated heterocycles. The van der Waals surface area contributed by atoms with E-state index in [0.29, 0.717) is 5.91 Å². The fourth-order valence-electron chi connectivity index (χ4n) is 2.90. The average Bonchev–Trinajstić information content (AvgIpc) is 3.34. The summed E-state index contributed by atoms with van der Waals surface area (Å²) < 4.78 is 0. The van der Waals surface area contributed by atoms with Crippen LogP contribution in [0.15, 0.2) is 24.3 Å². The van der Waals surface area contributed by atoms with Gasteiger partial charge in [0.2, 0.25) is 11.8 Å². The van der Waals surface area contributed by atoms with Gasteiger partial charge >= 0.3 is 0 Å². The second-order valence-corrected chi connectivity index (χ2v) is 6.18. The van der Waals surface area contributed by atoms with Crippen LogP contribution in [0, 0.1) is 18.8 Å². The van der Waals surface area contributed by atoms with E-state index in [0.717, 1.165) is 50.0 Å². The quantitative estimate of drug-likeness (QED) is 0.928. The molecule has 1 aliphatic carbocycles. The zero-order valence-corrected chi connectivity index (χ0v) is 12.5. The van der Waals surface area contributed by atoms with Crippen LogP contribution in [0.5, 0.6) is 0 Å². The molecule has 1 saturated carbocycles. The first-order valence-corrected chi connectivity index (χ1v) is 7.80. The van der Waals surface area contributed by atoms with Crippen LogP contribution in [-0.4, -0.2) is 29.8 Å². The maximum atomic E-state index is 12.3. The van der Waals surface area contributed by atoms with Gasteiger partial charge in [0.05, 0.1) is 0 Å². The number of amides is 2. The molecule has 1 N–H and O–H groups in total. The van der Waals surface area contributed by atoms with Gasteiger partial charge in [-0.1, -0.05) is 18.2 Å². The van der Waals surface area contributed by atoms with Gasteiger partial charge in [-0.2, -0.15) is 0 Å². The molecule has 1 aliphatic heterocycles. The summed E-state index contributed by atoms with van der Waals surface area (Å²) in [5.41, 5.74) is 1.96. The van der Waals surface area contributed by atoms with Gasteiger partial charge in [-0.05, 0) is 44.2 Å². The van der Waals surface area contributed by atoms with E-state index in [2.05, 4.69) is 5.32 Å². The van der Waals surface area contributed by atoms with Gasteiger partial charge in [0, 0.05) is 30.6 Å². The summed E-state index contributed by atoms with van der Waals surface area (Å²) in [6.07, 6.45) is 3.64. The number of nitrogens with zero attached hydrogens (tertiary/aromatic N) is 1. The van der Waals surface area contributed by atoms with Crippen molar-refractivity contribution < 1.29 is 9.59 Å². The largest absolute Gasteiger partial charge is 0.342 e. The summed E-state index contributed by atoms with van der Waals surface area (Å²) >= 11 is 0. The monoisotopic (exact) mass is 286 g/mol. The van der Waals surface area contributed by atoms with Gasteiger partial charge in [0.25, 0.3) is 0 Å². The number of hydrogen-bond donors (Lipinski definition) is 1. The Morgan fingerprint density at radius 1 is 1.05 bits per heavy atom. The van der Waals surface area contributed by atoms with Crippen LogP contribution >= 0.6 is 0 Å². The minimum atomic E-state index is 0.0212. The molecular formula is C17H22N2O2. The molecule has 3 rings (SSSR count). The van der Waals surface area contributed by atoms with Crippen LogP contribution in [0.1, 0.15) is 31.2 Å². The Balaban J connectivity index is 1.53. The number of hydrogen-bond acceptors (Lipinski definition) is 2. The van der Waals surface area contributed by atoms with E-state index in [4.69, 9.17) is 0 Å². The summed E-state index contributed by atoms with van der Waals surface area (Å²) in [7, 11) is 0. The molecule has 2 aliphatic rings. The number of aryl methyl sites for hydroxylation is 1. The molecule has 1 heterocycles. The molecule has 4 nitrogen and oxygen atoms in total. The molecule has 1 aromatic rings. The lowest BCUT2D eigenvalue weighted by Crippen LogP contribution is -2.42. The molecule has 2 fully saturated rings. The van der Waals surface area contributed by atoms with Crippen LogP contribution in [-0.2, 0) is 9.59 Å². The minimum Gasteiger partial charge on any atom is -0.342 e. The zero-order chi connectivity index (χ0) is 14.8. The second kappa shape index (κ2) is 5.88. The number of benzene rings is 1. The third-order valence-electron chi connectivity index (χ3n) is 4.51. The van der Waals surface area contributed by atoms with Gasteiger partial charge in [-0.3, -0.25) is 9.59 Å². The fourth-order valence-corrected chi connectivity index (χ4v) is 2.90. The maximum absolute atomic E-state index is 12.3. The lowest BCUT2D eigenvalue weighted by Gasteiger charge is -2.31. The smallest absolute Gasteiger partial charge is 0.227 e. The summed E-state index contributed by atoms with van der Waals surface area (Å²) in [4.78, 5) is 26.3. The molecule has 112 valence electrons. The third-order valence-corrected chi connectivity index (χ3v) is 4.51. The number of likely N-dealkylation sites (tertiary alicyclic amines) is 1. The van der Waals surface area contributed by atoms with Crippen molar-refractivity contribution in [1.29, 1.82) is 0 Å². The Hall–Kier alpha value is -1.84. The highest BCUT2D eigenvalue weighted by Gasteiger charge is 2.35. The molecule has 0 unspecified atom stereocenters. The SMILES string of the molecule is Cc1ccccc1NC(=O)C1CCN(C(=O)C2CC2)CC1. The molecule has 2 amide bonds. The van der Waals surface area contributed by atoms with Crippen LogP contribution in [0.4, 0.5) is 5.69 Å². The molecule has 4 heteroatoms. The predicted octanol–water partition coefficient (Wildman–Crippen LogP) is 2.58. The number of rotatable bonds is 3. The third kappa shape index (κ3) is 3.26. The predicted molar refractivity (Wildman–Crippen MR) is 81.8 cm³/mol. The lowest BCUT2D eigenvalue weighted by atomic mass is 9.95. The summed E-state index contributed by atoms with van der Waals surface area (Å²) in [5, 5.41) is 3.02. The number of nitrogens with one attached hydrogen (secondary N) is 1. The molecule has 0 aromatic heterocycles. The van der Waals surface area contributed by atoms with Gasteiger partial charge in [0.15, 0.2) is 0 Å². The molecule has 0 spiro atoms. The Morgan fingerprint density at radius 2 is 1.71 bits per heavy atom. The molecule has 21 heavy (non-hydrogen) atoms. The molecule has 0 radical (unpaired) electrons. The Kier molecular flexibility index (Phi) is 3.95. The molecule has 0 atom stereocenters. The van der Waals surface area contributed by atoms with Gasteiger partial charge in [-0.15, -0.1) is 0 Å². The van der Waals surface area contributed by atoms with E-state index in [1.165, 1.54) is 0 Å². The van der Waals surface area contributed by atoms with Gasteiger partial charge < -0.3 is 10.2 Å². The highest BCUT2D eigenvalue weighted by atomic mass is 16.2. The van der Waals surface area contributed by atoms with E-state index in [-0.39, 0.29) is 17.7 Å². The molecule has 1 aromatic carbocycles. The maximum Gasteiger partial charge on any atom is 0.227 e. The number of para-hydroxylation sites is 1. The summed E-state index contributed by atoms with van der Waals surface area (Å²) in [6.45, 7) is 3.44. The normalized spacial score (nSPS) is 19.4. The van der Waals surface area contributed by atoms with Crippen molar-refractivity contribution >= 4 is 17.5 Å². The average molecular weight is 286 g/mol. The Bertz CT molecular complexity index is 543. The van der Waals surface area contributed by atoms with Crippen molar-refractivity contribution in [3.05, 3.63) is 29.8 Å². The van der Waals surface area contributed by atoms with E-state index in [1.54, 1.807) is 0 Å². The van der Waals surface area contributed by atoms with Crippen molar-refractivity contribution in [2.75, 3.05) is 18.4 Å². The van der Waals surface area contributed by atoms with E-state index in [1.807, 2.05) is 36.1 Å². The topological polar surface area (TPSA) is 49.4 Å². The number of anilines is 1. The second-order valence-electron chi connectivity index (χ2n) is 6.18. The molecule has 0 bridgehead atoms. The van der Waals surface area contributed by atoms with Crippen molar-refractivity contribution in [1.82, 2.24) is 4.90 Å². The standard InChI is InChI=1S/C17H22N2O2/c1-12-4-2-3-5-15(12)18-16(20)13-8-10-19(11-9-13)17(21)14-6-7-14/h2-5,13-14H,6-11H2,1H3,(H,18,20). The number of carbonyl (C=O) groups excluding carboxylic acids is 2. The summed E-state index contributed by atoms with van der Waals surface area (Å²) in [6, 6.07) is 7.82. The number of carbonyl (C=O) groups is 2. The van der Waals surface area contributed by atoms with Gasteiger partial charge in [-0.25, -0.2) is 0 Å².